The monoisotopic (exact) mass is 231 g/mol. The fraction of sp³-hybridized carbons (Fsp3) is 0.900. The van der Waals surface area contributed by atoms with Crippen LogP contribution in [0.15, 0.2) is 0 Å². The maximum atomic E-state index is 11.5. The summed E-state index contributed by atoms with van der Waals surface area (Å²) in [4.78, 5) is 13.6. The minimum Gasteiger partial charge on any atom is -0.394 e. The molecule has 0 radical (unpaired) electrons. The fourth-order valence-corrected chi connectivity index (χ4v) is 1.61. The van der Waals surface area contributed by atoms with Gasteiger partial charge in [0.25, 0.3) is 0 Å². The van der Waals surface area contributed by atoms with E-state index in [1.54, 1.807) is 0 Å². The Morgan fingerprint density at radius 2 is 2.25 bits per heavy atom. The van der Waals surface area contributed by atoms with Gasteiger partial charge >= 0.3 is 0 Å². The number of rotatable bonds is 5. The van der Waals surface area contributed by atoms with Crippen molar-refractivity contribution < 1.29 is 15.0 Å². The van der Waals surface area contributed by atoms with E-state index >= 15 is 0 Å². The fourth-order valence-electron chi connectivity index (χ4n) is 1.61. The molecule has 6 nitrogen and oxygen atoms in total. The number of hydrogen-bond acceptors (Lipinski definition) is 5. The molecule has 0 aromatic rings. The van der Waals surface area contributed by atoms with Crippen LogP contribution in [0.1, 0.15) is 6.42 Å². The lowest BCUT2D eigenvalue weighted by Crippen LogP contribution is -2.42. The lowest BCUT2D eigenvalue weighted by Gasteiger charge is -2.19. The first kappa shape index (κ1) is 13.4. The van der Waals surface area contributed by atoms with Crippen molar-refractivity contribution in [3.05, 3.63) is 0 Å². The van der Waals surface area contributed by atoms with Gasteiger partial charge in [0.1, 0.15) is 0 Å². The second kappa shape index (κ2) is 7.56. The zero-order valence-electron chi connectivity index (χ0n) is 9.48. The zero-order chi connectivity index (χ0) is 11.8. The molecule has 1 atom stereocenters. The third kappa shape index (κ3) is 5.41. The van der Waals surface area contributed by atoms with Crippen molar-refractivity contribution in [2.45, 2.75) is 12.5 Å². The van der Waals surface area contributed by atoms with Crippen molar-refractivity contribution in [1.82, 2.24) is 15.5 Å². The molecule has 0 saturated carbocycles. The summed E-state index contributed by atoms with van der Waals surface area (Å²) in [5, 5.41) is 23.5. The lowest BCUT2D eigenvalue weighted by atomic mass is 10.3. The van der Waals surface area contributed by atoms with Crippen LogP contribution in [0.3, 0.4) is 0 Å². The number of carbonyl (C=O) groups is 1. The summed E-state index contributed by atoms with van der Waals surface area (Å²) >= 11 is 0. The van der Waals surface area contributed by atoms with Gasteiger partial charge in [-0.1, -0.05) is 0 Å². The number of amides is 1. The van der Waals surface area contributed by atoms with Crippen LogP contribution in [-0.4, -0.2) is 73.0 Å². The van der Waals surface area contributed by atoms with Gasteiger partial charge in [0.15, 0.2) is 0 Å². The van der Waals surface area contributed by atoms with Crippen LogP contribution in [0.4, 0.5) is 0 Å². The highest BCUT2D eigenvalue weighted by molar-refractivity contribution is 5.78. The van der Waals surface area contributed by atoms with Crippen LogP contribution in [0, 0.1) is 0 Å². The Morgan fingerprint density at radius 3 is 3.00 bits per heavy atom. The van der Waals surface area contributed by atoms with Gasteiger partial charge < -0.3 is 20.8 Å². The predicted octanol–water partition coefficient (Wildman–Crippen LogP) is -2.25. The van der Waals surface area contributed by atoms with Crippen LogP contribution >= 0.6 is 0 Å². The quantitative estimate of drug-likeness (QED) is 0.429. The van der Waals surface area contributed by atoms with Gasteiger partial charge in [-0.2, -0.15) is 0 Å². The zero-order valence-corrected chi connectivity index (χ0v) is 9.48. The van der Waals surface area contributed by atoms with E-state index in [1.165, 1.54) is 0 Å². The largest absolute Gasteiger partial charge is 0.394 e. The molecule has 0 spiro atoms. The van der Waals surface area contributed by atoms with Gasteiger partial charge in [-0.25, -0.2) is 0 Å². The molecule has 1 saturated heterocycles. The number of aliphatic hydroxyl groups excluding tert-OH is 2. The van der Waals surface area contributed by atoms with Crippen molar-refractivity contribution in [3.63, 3.8) is 0 Å². The Hall–Kier alpha value is -0.690. The van der Waals surface area contributed by atoms with E-state index in [0.29, 0.717) is 6.54 Å². The Balaban J connectivity index is 2.16. The van der Waals surface area contributed by atoms with E-state index in [0.717, 1.165) is 32.6 Å². The molecule has 1 aliphatic heterocycles. The second-order valence-corrected chi connectivity index (χ2v) is 4.02. The first-order valence-electron chi connectivity index (χ1n) is 5.71. The van der Waals surface area contributed by atoms with Gasteiger partial charge in [-0.05, 0) is 19.5 Å². The third-order valence-corrected chi connectivity index (χ3v) is 2.55. The number of carbonyl (C=O) groups excluding carboxylic acids is 1. The Labute approximate surface area is 95.6 Å². The molecule has 1 aliphatic rings. The van der Waals surface area contributed by atoms with Crippen LogP contribution in [0.2, 0.25) is 0 Å². The summed E-state index contributed by atoms with van der Waals surface area (Å²) in [7, 11) is 0. The molecule has 1 unspecified atom stereocenters. The second-order valence-electron chi connectivity index (χ2n) is 4.02. The van der Waals surface area contributed by atoms with Crippen molar-refractivity contribution in [2.75, 3.05) is 45.9 Å². The predicted molar refractivity (Wildman–Crippen MR) is 60.0 cm³/mol. The summed E-state index contributed by atoms with van der Waals surface area (Å²) in [6, 6.07) is 0. The molecule has 0 aromatic carbocycles. The van der Waals surface area contributed by atoms with Gasteiger partial charge in [0.2, 0.25) is 5.91 Å². The van der Waals surface area contributed by atoms with E-state index < -0.39 is 6.10 Å². The van der Waals surface area contributed by atoms with E-state index in [1.807, 2.05) is 0 Å². The third-order valence-electron chi connectivity index (χ3n) is 2.55. The molecule has 1 heterocycles. The van der Waals surface area contributed by atoms with Crippen LogP contribution < -0.4 is 10.6 Å². The van der Waals surface area contributed by atoms with E-state index in [-0.39, 0.29) is 19.1 Å². The number of aliphatic hydroxyl groups is 2. The summed E-state index contributed by atoms with van der Waals surface area (Å²) in [5.41, 5.74) is 0. The standard InChI is InChI=1S/C10H21N3O3/c14-8-9(15)6-12-10(16)7-13-4-1-2-11-3-5-13/h9,11,14-15H,1-8H2,(H,12,16). The Morgan fingerprint density at radius 1 is 1.44 bits per heavy atom. The molecule has 4 N–H and O–H groups in total. The SMILES string of the molecule is O=C(CN1CCCNCC1)NCC(O)CO. The summed E-state index contributed by atoms with van der Waals surface area (Å²) in [6.45, 7) is 3.85. The maximum Gasteiger partial charge on any atom is 0.234 e. The summed E-state index contributed by atoms with van der Waals surface area (Å²) in [5.74, 6) is -0.102. The molecule has 0 aliphatic carbocycles. The van der Waals surface area contributed by atoms with Crippen molar-refractivity contribution in [1.29, 1.82) is 0 Å². The normalized spacial score (nSPS) is 20.1. The molecule has 0 aromatic heterocycles. The average Bonchev–Trinajstić information content (AvgIpc) is 2.54. The molecule has 94 valence electrons. The first-order valence-corrected chi connectivity index (χ1v) is 5.71. The van der Waals surface area contributed by atoms with Crippen LogP contribution in [-0.2, 0) is 4.79 Å². The highest BCUT2D eigenvalue weighted by Crippen LogP contribution is 1.94. The maximum absolute atomic E-state index is 11.5. The van der Waals surface area contributed by atoms with Crippen molar-refractivity contribution >= 4 is 5.91 Å². The smallest absolute Gasteiger partial charge is 0.234 e. The molecule has 1 amide bonds. The molecular formula is C10H21N3O3. The average molecular weight is 231 g/mol. The van der Waals surface area contributed by atoms with Crippen molar-refractivity contribution in [2.24, 2.45) is 0 Å². The Bertz CT molecular complexity index is 205. The topological polar surface area (TPSA) is 84.8 Å². The Kier molecular flexibility index (Phi) is 6.32. The highest BCUT2D eigenvalue weighted by Gasteiger charge is 2.13. The van der Waals surface area contributed by atoms with E-state index in [9.17, 15) is 4.79 Å². The number of nitrogens with zero attached hydrogens (tertiary/aromatic N) is 1. The van der Waals surface area contributed by atoms with Gasteiger partial charge in [0.05, 0.1) is 19.3 Å². The summed E-state index contributed by atoms with van der Waals surface area (Å²) < 4.78 is 0. The number of nitrogens with one attached hydrogen (secondary N) is 2. The lowest BCUT2D eigenvalue weighted by molar-refractivity contribution is -0.122. The molecule has 16 heavy (non-hydrogen) atoms. The van der Waals surface area contributed by atoms with Gasteiger partial charge in [-0.3, -0.25) is 9.69 Å². The highest BCUT2D eigenvalue weighted by atomic mass is 16.3. The molecule has 0 bridgehead atoms. The number of hydrogen-bond donors (Lipinski definition) is 4. The first-order chi connectivity index (χ1) is 7.72. The molecule has 1 fully saturated rings. The molecule has 6 heteroatoms. The minimum atomic E-state index is -0.866. The minimum absolute atomic E-state index is 0.102. The van der Waals surface area contributed by atoms with Crippen molar-refractivity contribution in [3.8, 4) is 0 Å². The molecule has 1 rings (SSSR count). The summed E-state index contributed by atoms with van der Waals surface area (Å²) in [6.07, 6.45) is 0.182. The molecular weight excluding hydrogens is 210 g/mol. The van der Waals surface area contributed by atoms with Crippen LogP contribution in [0.25, 0.3) is 0 Å². The van der Waals surface area contributed by atoms with E-state index in [4.69, 9.17) is 10.2 Å². The van der Waals surface area contributed by atoms with Gasteiger partial charge in [-0.15, -0.1) is 0 Å². The van der Waals surface area contributed by atoms with Crippen LogP contribution in [0.5, 0.6) is 0 Å². The van der Waals surface area contributed by atoms with E-state index in [2.05, 4.69) is 15.5 Å². The van der Waals surface area contributed by atoms with Gasteiger partial charge in [0, 0.05) is 19.6 Å².